The first-order valence-electron chi connectivity index (χ1n) is 4.46. The third-order valence-electron chi connectivity index (χ3n) is 2.20. The van der Waals surface area contributed by atoms with Gasteiger partial charge in [0.2, 0.25) is 0 Å². The van der Waals surface area contributed by atoms with Gasteiger partial charge < -0.3 is 10.8 Å². The monoisotopic (exact) mass is 297 g/mol. The Bertz CT molecular complexity index is 551. The van der Waals surface area contributed by atoms with Crippen molar-refractivity contribution in [2.24, 2.45) is 0 Å². The largest absolute Gasteiger partial charge is 0.478 e. The number of nitrogens with two attached hydrogens (primary N) is 1. The topological polar surface area (TPSA) is 63.3 Å². The highest BCUT2D eigenvalue weighted by molar-refractivity contribution is 9.10. The molecule has 0 spiro atoms. The van der Waals surface area contributed by atoms with E-state index in [1.165, 1.54) is 11.3 Å². The van der Waals surface area contributed by atoms with Gasteiger partial charge >= 0.3 is 5.97 Å². The molecule has 3 N–H and O–H groups in total. The molecule has 5 heteroatoms. The molecule has 0 bridgehead atoms. The third-order valence-corrected chi connectivity index (χ3v) is 3.70. The molecule has 1 aromatic carbocycles. The summed E-state index contributed by atoms with van der Waals surface area (Å²) in [7, 11) is 0. The van der Waals surface area contributed by atoms with E-state index in [1.54, 1.807) is 5.38 Å². The smallest absolute Gasteiger partial charge is 0.339 e. The second-order valence-electron chi connectivity index (χ2n) is 3.17. The highest BCUT2D eigenvalue weighted by atomic mass is 79.9. The van der Waals surface area contributed by atoms with E-state index < -0.39 is 5.97 Å². The number of carboxylic acid groups (broad SMARTS) is 1. The molecule has 0 fully saturated rings. The predicted octanol–water partition coefficient (Wildman–Crippen LogP) is 3.46. The average Bonchev–Trinajstić information content (AvgIpc) is 2.61. The fourth-order valence-electron chi connectivity index (χ4n) is 1.47. The number of benzene rings is 1. The molecule has 0 aliphatic heterocycles. The minimum absolute atomic E-state index is 0.178. The van der Waals surface area contributed by atoms with Crippen molar-refractivity contribution in [1.29, 1.82) is 0 Å². The molecule has 2 rings (SSSR count). The second kappa shape index (κ2) is 4.27. The number of halogens is 1. The third kappa shape index (κ3) is 1.83. The maximum absolute atomic E-state index is 11.1. The zero-order valence-corrected chi connectivity index (χ0v) is 10.5. The number of anilines is 1. The number of carboxylic acids is 1. The van der Waals surface area contributed by atoms with Gasteiger partial charge in [0.1, 0.15) is 10.6 Å². The first kappa shape index (κ1) is 11.2. The molecule has 16 heavy (non-hydrogen) atoms. The summed E-state index contributed by atoms with van der Waals surface area (Å²) >= 11 is 4.64. The first-order valence-corrected chi connectivity index (χ1v) is 6.13. The van der Waals surface area contributed by atoms with Crippen molar-refractivity contribution in [3.63, 3.8) is 0 Å². The fourth-order valence-corrected chi connectivity index (χ4v) is 2.77. The molecule has 2 aromatic rings. The number of nitrogen functional groups attached to an aromatic ring is 1. The number of hydrogen-bond acceptors (Lipinski definition) is 3. The van der Waals surface area contributed by atoms with Crippen LogP contribution in [0.1, 0.15) is 10.4 Å². The van der Waals surface area contributed by atoms with E-state index in [2.05, 4.69) is 15.9 Å². The average molecular weight is 298 g/mol. The van der Waals surface area contributed by atoms with E-state index in [0.717, 1.165) is 10.0 Å². The van der Waals surface area contributed by atoms with Crippen LogP contribution in [0.15, 0.2) is 34.1 Å². The van der Waals surface area contributed by atoms with Crippen LogP contribution >= 0.6 is 27.3 Å². The van der Waals surface area contributed by atoms with Crippen LogP contribution in [0.3, 0.4) is 0 Å². The van der Waals surface area contributed by atoms with Gasteiger partial charge in [-0.05, 0) is 11.6 Å². The maximum Gasteiger partial charge on any atom is 0.339 e. The minimum atomic E-state index is -0.996. The SMILES string of the molecule is Nc1scc(-c2ccccc2Br)c1C(=O)O. The summed E-state index contributed by atoms with van der Waals surface area (Å²) in [5.41, 5.74) is 7.33. The summed E-state index contributed by atoms with van der Waals surface area (Å²) in [5, 5.41) is 11.2. The van der Waals surface area contributed by atoms with Crippen LogP contribution in [-0.2, 0) is 0 Å². The molecule has 0 unspecified atom stereocenters. The molecule has 1 heterocycles. The summed E-state index contributed by atoms with van der Waals surface area (Å²) < 4.78 is 0.857. The van der Waals surface area contributed by atoms with E-state index in [0.29, 0.717) is 10.6 Å². The Kier molecular flexibility index (Phi) is 2.98. The Labute approximate surface area is 105 Å². The van der Waals surface area contributed by atoms with Gasteiger partial charge in [-0.3, -0.25) is 0 Å². The van der Waals surface area contributed by atoms with Gasteiger partial charge in [-0.1, -0.05) is 34.1 Å². The molecular weight excluding hydrogens is 290 g/mol. The lowest BCUT2D eigenvalue weighted by atomic mass is 10.0. The van der Waals surface area contributed by atoms with Crippen molar-refractivity contribution in [3.8, 4) is 11.1 Å². The van der Waals surface area contributed by atoms with Crippen molar-refractivity contribution in [2.75, 3.05) is 5.73 Å². The van der Waals surface area contributed by atoms with Crippen LogP contribution < -0.4 is 5.73 Å². The van der Waals surface area contributed by atoms with Crippen molar-refractivity contribution in [2.45, 2.75) is 0 Å². The Morgan fingerprint density at radius 2 is 2.00 bits per heavy atom. The highest BCUT2D eigenvalue weighted by Crippen LogP contribution is 2.37. The molecule has 1 aromatic heterocycles. The van der Waals surface area contributed by atoms with Gasteiger partial charge in [-0.25, -0.2) is 4.79 Å². The van der Waals surface area contributed by atoms with Gasteiger partial charge in [-0.2, -0.15) is 0 Å². The normalized spacial score (nSPS) is 10.3. The number of thiophene rings is 1. The Morgan fingerprint density at radius 1 is 1.31 bits per heavy atom. The van der Waals surface area contributed by atoms with Gasteiger partial charge in [0.05, 0.1) is 0 Å². The number of hydrogen-bond donors (Lipinski definition) is 2. The van der Waals surface area contributed by atoms with Gasteiger partial charge in [0.15, 0.2) is 0 Å². The molecule has 0 radical (unpaired) electrons. The minimum Gasteiger partial charge on any atom is -0.478 e. The summed E-state index contributed by atoms with van der Waals surface area (Å²) in [5.74, 6) is -0.996. The molecule has 0 aliphatic rings. The van der Waals surface area contributed by atoms with Crippen LogP contribution in [-0.4, -0.2) is 11.1 Å². The van der Waals surface area contributed by atoms with Gasteiger partial charge in [0, 0.05) is 15.4 Å². The van der Waals surface area contributed by atoms with Crippen molar-refractivity contribution in [1.82, 2.24) is 0 Å². The van der Waals surface area contributed by atoms with E-state index in [9.17, 15) is 4.79 Å². The second-order valence-corrected chi connectivity index (χ2v) is 4.94. The maximum atomic E-state index is 11.1. The lowest BCUT2D eigenvalue weighted by molar-refractivity contribution is 0.0699. The molecule has 0 amide bonds. The molecule has 0 aliphatic carbocycles. The zero-order valence-electron chi connectivity index (χ0n) is 8.11. The lowest BCUT2D eigenvalue weighted by Crippen LogP contribution is -2.00. The summed E-state index contributed by atoms with van der Waals surface area (Å²) in [6.45, 7) is 0. The number of aromatic carboxylic acids is 1. The highest BCUT2D eigenvalue weighted by Gasteiger charge is 2.18. The molecule has 82 valence electrons. The number of rotatable bonds is 2. The molecule has 3 nitrogen and oxygen atoms in total. The quantitative estimate of drug-likeness (QED) is 0.892. The number of carbonyl (C=O) groups is 1. The standard InChI is InChI=1S/C11H8BrNO2S/c12-8-4-2-1-3-6(8)7-5-16-10(13)9(7)11(14)15/h1-5H,13H2,(H,14,15). The van der Waals surface area contributed by atoms with Crippen LogP contribution in [0.2, 0.25) is 0 Å². The van der Waals surface area contributed by atoms with Crippen molar-refractivity contribution >= 4 is 38.2 Å². The van der Waals surface area contributed by atoms with E-state index in [-0.39, 0.29) is 5.56 Å². The van der Waals surface area contributed by atoms with Gasteiger partial charge in [-0.15, -0.1) is 11.3 Å². The van der Waals surface area contributed by atoms with Gasteiger partial charge in [0.25, 0.3) is 0 Å². The summed E-state index contributed by atoms with van der Waals surface area (Å²) in [6.07, 6.45) is 0. The van der Waals surface area contributed by atoms with Crippen LogP contribution in [0.4, 0.5) is 5.00 Å². The molecule has 0 atom stereocenters. The predicted molar refractivity (Wildman–Crippen MR) is 68.8 cm³/mol. The Morgan fingerprint density at radius 3 is 2.62 bits per heavy atom. The molecular formula is C11H8BrNO2S. The van der Waals surface area contributed by atoms with Crippen molar-refractivity contribution < 1.29 is 9.90 Å². The van der Waals surface area contributed by atoms with Crippen LogP contribution in [0, 0.1) is 0 Å². The fraction of sp³-hybridized carbons (Fsp3) is 0. The molecule has 0 saturated heterocycles. The first-order chi connectivity index (χ1) is 7.61. The Balaban J connectivity index is 2.66. The van der Waals surface area contributed by atoms with E-state index in [4.69, 9.17) is 10.8 Å². The molecule has 0 saturated carbocycles. The van der Waals surface area contributed by atoms with Crippen LogP contribution in [0.25, 0.3) is 11.1 Å². The van der Waals surface area contributed by atoms with E-state index >= 15 is 0 Å². The van der Waals surface area contributed by atoms with Crippen molar-refractivity contribution in [3.05, 3.63) is 39.7 Å². The van der Waals surface area contributed by atoms with E-state index in [1.807, 2.05) is 24.3 Å². The lowest BCUT2D eigenvalue weighted by Gasteiger charge is -2.03. The Hall–Kier alpha value is -1.33. The summed E-state index contributed by atoms with van der Waals surface area (Å²) in [4.78, 5) is 11.1. The zero-order chi connectivity index (χ0) is 11.7. The summed E-state index contributed by atoms with van der Waals surface area (Å²) in [6, 6.07) is 7.47. The van der Waals surface area contributed by atoms with Crippen LogP contribution in [0.5, 0.6) is 0 Å².